The van der Waals surface area contributed by atoms with Gasteiger partial charge in [0.1, 0.15) is 0 Å². The van der Waals surface area contributed by atoms with Crippen molar-refractivity contribution >= 4 is 81.3 Å². The summed E-state index contributed by atoms with van der Waals surface area (Å²) in [5.74, 6) is -1.03. The smallest absolute Gasteiger partial charge is 0.333 e. The van der Waals surface area contributed by atoms with Crippen LogP contribution in [0.25, 0.3) is 11.1 Å². The molecular weight excluding hydrogens is 857 g/mol. The lowest BCUT2D eigenvalue weighted by Crippen LogP contribution is -2.34. The van der Waals surface area contributed by atoms with E-state index in [1.807, 2.05) is 42.2 Å². The number of rotatable bonds is 15. The Morgan fingerprint density at radius 2 is 1.49 bits per heavy atom. The van der Waals surface area contributed by atoms with Crippen LogP contribution in [0, 0.1) is 0 Å². The number of carbonyl (C=O) groups is 6. The highest BCUT2D eigenvalue weighted by Crippen LogP contribution is 2.42. The second kappa shape index (κ2) is 18.3. The topological polar surface area (TPSA) is 195 Å². The number of imide groups is 1. The molecule has 18 heteroatoms. The number of nitrogens with one attached hydrogen (secondary N) is 2. The number of carbonyl (C=O) groups excluding carboxylic acids is 6. The first-order valence-electron chi connectivity index (χ1n) is 21.1. The van der Waals surface area contributed by atoms with Crippen molar-refractivity contribution in [2.45, 2.75) is 57.0 Å². The highest BCUT2D eigenvalue weighted by atomic mass is 32.1. The van der Waals surface area contributed by atoms with E-state index < -0.39 is 23.7 Å². The quantitative estimate of drug-likeness (QED) is 0.0962. The first-order valence-corrected chi connectivity index (χ1v) is 22.0. The maximum atomic E-state index is 14.0. The molecule has 5 amide bonds. The molecule has 0 saturated carbocycles. The molecule has 0 radical (unpaired) electrons. The molecule has 334 valence electrons. The number of nitrogens with zero attached hydrogens (tertiary/aromatic N) is 4. The van der Waals surface area contributed by atoms with E-state index in [0.717, 1.165) is 21.6 Å². The second-order valence-electron chi connectivity index (χ2n) is 15.8. The summed E-state index contributed by atoms with van der Waals surface area (Å²) in [6, 6.07) is 17.8. The van der Waals surface area contributed by atoms with E-state index in [2.05, 4.69) is 21.7 Å². The number of anilines is 2. The average molecular weight is 901 g/mol. The van der Waals surface area contributed by atoms with Crippen LogP contribution in [0.3, 0.4) is 0 Å². The Balaban J connectivity index is 0.777. The van der Waals surface area contributed by atoms with Crippen LogP contribution >= 0.6 is 11.3 Å². The minimum Gasteiger partial charge on any atom is -0.493 e. The van der Waals surface area contributed by atoms with Crippen molar-refractivity contribution in [2.24, 2.45) is 4.99 Å². The molecule has 4 aromatic rings. The Hall–Kier alpha value is -7.47. The molecule has 0 spiro atoms. The fourth-order valence-electron chi connectivity index (χ4n) is 8.23. The monoisotopic (exact) mass is 900 g/mol. The first-order chi connectivity index (χ1) is 31.6. The molecule has 6 heterocycles. The highest BCUT2D eigenvalue weighted by molar-refractivity contribution is 7.11. The third-order valence-corrected chi connectivity index (χ3v) is 12.5. The fraction of sp³-hybridized carbons (Fsp3) is 0.298. The zero-order valence-electron chi connectivity index (χ0n) is 35.5. The zero-order valence-corrected chi connectivity index (χ0v) is 36.3. The largest absolute Gasteiger partial charge is 0.493 e. The number of hydrogen-bond acceptors (Lipinski definition) is 14. The van der Waals surface area contributed by atoms with E-state index in [-0.39, 0.29) is 62.8 Å². The van der Waals surface area contributed by atoms with Crippen LogP contribution in [0.1, 0.15) is 76.1 Å². The third-order valence-electron chi connectivity index (χ3n) is 11.6. The fourth-order valence-corrected chi connectivity index (χ4v) is 8.98. The molecule has 0 unspecified atom stereocenters. The Morgan fingerprint density at radius 3 is 2.20 bits per heavy atom. The lowest BCUT2D eigenvalue weighted by molar-refractivity contribution is -0.197. The molecule has 2 atom stereocenters. The molecule has 17 nitrogen and oxygen atoms in total. The van der Waals surface area contributed by atoms with Gasteiger partial charge >= 0.3 is 5.97 Å². The van der Waals surface area contributed by atoms with Gasteiger partial charge in [0.05, 0.1) is 68.4 Å². The van der Waals surface area contributed by atoms with Crippen LogP contribution < -0.4 is 29.6 Å². The van der Waals surface area contributed by atoms with Crippen molar-refractivity contribution in [1.29, 1.82) is 0 Å². The number of ether oxygens (including phenoxy) is 4. The summed E-state index contributed by atoms with van der Waals surface area (Å²) in [6.45, 7) is 1.05. The van der Waals surface area contributed by atoms with Crippen molar-refractivity contribution in [1.82, 2.24) is 14.9 Å². The molecule has 0 aliphatic carbocycles. The molecule has 0 bridgehead atoms. The zero-order chi connectivity index (χ0) is 45.2. The maximum absolute atomic E-state index is 14.0. The van der Waals surface area contributed by atoms with Gasteiger partial charge in [-0.25, -0.2) is 4.79 Å². The van der Waals surface area contributed by atoms with Crippen molar-refractivity contribution in [3.63, 3.8) is 0 Å². The van der Waals surface area contributed by atoms with Gasteiger partial charge < -0.3 is 44.2 Å². The number of aliphatic imine (C=N–C) groups is 1. The molecule has 1 aromatic heterocycles. The summed E-state index contributed by atoms with van der Waals surface area (Å²) in [7, 11) is 3.05. The number of hydrogen-bond donors (Lipinski definition) is 2. The van der Waals surface area contributed by atoms with Crippen LogP contribution in [-0.2, 0) is 24.0 Å². The summed E-state index contributed by atoms with van der Waals surface area (Å²) in [4.78, 5) is 89.7. The minimum absolute atomic E-state index is 0.0130. The molecule has 5 aliphatic rings. The summed E-state index contributed by atoms with van der Waals surface area (Å²) >= 11 is 1.65. The van der Waals surface area contributed by atoms with Gasteiger partial charge in [-0.05, 0) is 58.8 Å². The summed E-state index contributed by atoms with van der Waals surface area (Å²) < 4.78 is 23.6. The second-order valence-corrected chi connectivity index (χ2v) is 16.7. The minimum atomic E-state index is -0.851. The number of benzene rings is 3. The molecule has 1 saturated heterocycles. The number of amides is 5. The number of thiophene rings is 1. The highest BCUT2D eigenvalue weighted by Gasteiger charge is 2.37. The average Bonchev–Trinajstić information content (AvgIpc) is 4.13. The molecule has 65 heavy (non-hydrogen) atoms. The van der Waals surface area contributed by atoms with Crippen LogP contribution in [0.5, 0.6) is 23.0 Å². The lowest BCUT2D eigenvalue weighted by atomic mass is 10.0. The van der Waals surface area contributed by atoms with E-state index in [4.69, 9.17) is 23.8 Å². The van der Waals surface area contributed by atoms with Crippen LogP contribution in [0.4, 0.5) is 17.1 Å². The first kappa shape index (κ1) is 42.8. The van der Waals surface area contributed by atoms with Crippen molar-refractivity contribution in [3.8, 4) is 23.0 Å². The molecule has 5 aliphatic heterocycles. The standard InChI is InChI=1S/C47H44N6O11S/c1-60-37-19-33-35(21-39(37)62-14-4-15-63-40-22-36-34(20-38(40)61-2)47(59)52-26-29(18-32(52)24-49-36)41-5-3-16-65-41)48-23-31-17-28(25-51(31)46(33)58)27-6-8-30(9-7-27)50-42(54)10-13-45(57)64-53-43(55)11-12-44(53)56/h3,5-9,16,19-22,24-26,31-32,48H,4,10-15,17-18,23H2,1-2H3,(H,50,54)/t31-,32-/m0/s1. The van der Waals surface area contributed by atoms with E-state index in [0.29, 0.717) is 82.1 Å². The van der Waals surface area contributed by atoms with Gasteiger partial charge in [0.25, 0.3) is 23.6 Å². The van der Waals surface area contributed by atoms with E-state index in [1.165, 1.54) is 14.2 Å². The lowest BCUT2D eigenvalue weighted by Gasteiger charge is -2.20. The Labute approximate surface area is 377 Å². The van der Waals surface area contributed by atoms with Crippen molar-refractivity contribution < 1.29 is 52.6 Å². The summed E-state index contributed by atoms with van der Waals surface area (Å²) in [5.41, 5.74) is 5.46. The van der Waals surface area contributed by atoms with Crippen molar-refractivity contribution in [3.05, 3.63) is 100 Å². The molecular formula is C47H44N6O11S. The predicted molar refractivity (Wildman–Crippen MR) is 239 cm³/mol. The van der Waals surface area contributed by atoms with Gasteiger partial charge in [-0.3, -0.25) is 29.0 Å². The molecule has 9 rings (SSSR count). The third kappa shape index (κ3) is 8.89. The maximum Gasteiger partial charge on any atom is 0.333 e. The van der Waals surface area contributed by atoms with Gasteiger partial charge in [-0.2, -0.15) is 0 Å². The van der Waals surface area contributed by atoms with Crippen LogP contribution in [0.2, 0.25) is 0 Å². The number of methoxy groups -OCH3 is 2. The van der Waals surface area contributed by atoms with E-state index in [1.54, 1.807) is 57.5 Å². The van der Waals surface area contributed by atoms with Crippen molar-refractivity contribution in [2.75, 3.05) is 44.6 Å². The Morgan fingerprint density at radius 1 is 0.800 bits per heavy atom. The molecule has 2 N–H and O–H groups in total. The number of fused-ring (bicyclic) bond motifs is 4. The van der Waals surface area contributed by atoms with Crippen LogP contribution in [-0.4, -0.2) is 103 Å². The van der Waals surface area contributed by atoms with Gasteiger partial charge in [0, 0.05) is 80.0 Å². The van der Waals surface area contributed by atoms with Crippen LogP contribution in [0.15, 0.2) is 83.4 Å². The normalized spacial score (nSPS) is 18.4. The summed E-state index contributed by atoms with van der Waals surface area (Å²) in [5, 5.41) is 8.64. The Kier molecular flexibility index (Phi) is 12.1. The van der Waals surface area contributed by atoms with Gasteiger partial charge in [0.2, 0.25) is 5.91 Å². The predicted octanol–water partition coefficient (Wildman–Crippen LogP) is 6.59. The Bertz CT molecular complexity index is 2660. The summed E-state index contributed by atoms with van der Waals surface area (Å²) in [6.07, 6.45) is 6.83. The van der Waals surface area contributed by atoms with E-state index >= 15 is 0 Å². The van der Waals surface area contributed by atoms with Gasteiger partial charge in [-0.15, -0.1) is 16.4 Å². The van der Waals surface area contributed by atoms with Gasteiger partial charge in [-0.1, -0.05) is 18.2 Å². The SMILES string of the molecule is COc1cc2c(cc1OCCCOc1cc3c(cc1OC)C(=O)N1C=C(c4ccc(NC(=O)CCC(=O)ON5C(=O)CCC5=O)cc4)C[C@H]1CN3)N=C[C@@H]1CC(c3cccs3)=CN1C2=O. The van der Waals surface area contributed by atoms with E-state index in [9.17, 15) is 28.8 Å². The molecule has 3 aromatic carbocycles. The number of hydroxylamine groups is 2. The van der Waals surface area contributed by atoms with Gasteiger partial charge in [0.15, 0.2) is 23.0 Å². The molecule has 1 fully saturated rings.